The van der Waals surface area contributed by atoms with Crippen LogP contribution in [0.5, 0.6) is 17.2 Å². The summed E-state index contributed by atoms with van der Waals surface area (Å²) in [4.78, 5) is 107. The average Bonchev–Trinajstić information content (AvgIpc) is 0.790. The first-order valence-corrected chi connectivity index (χ1v) is 28.3. The van der Waals surface area contributed by atoms with Crippen LogP contribution >= 0.6 is 50.7 Å². The van der Waals surface area contributed by atoms with Crippen molar-refractivity contribution in [1.82, 2.24) is 16.0 Å². The maximum atomic E-state index is 12.5. The Morgan fingerprint density at radius 1 is 0.467 bits per heavy atom. The van der Waals surface area contributed by atoms with Crippen LogP contribution in [0.25, 0.3) is 55.2 Å². The van der Waals surface area contributed by atoms with Crippen molar-refractivity contribution >= 4 is 132 Å². The molecule has 0 saturated heterocycles. The number of hydrogen-bond donors (Lipinski definition) is 9. The molecule has 0 aliphatic heterocycles. The van der Waals surface area contributed by atoms with E-state index < -0.39 is 124 Å². The fraction of sp³-hybridized carbons (Fsp3) is 0.177. The van der Waals surface area contributed by atoms with E-state index in [1.54, 1.807) is 151 Å². The topological polar surface area (TPSA) is 369 Å². The van der Waals surface area contributed by atoms with E-state index in [2.05, 4.69) is 26.6 Å². The molecule has 9 rings (SSSR count). The van der Waals surface area contributed by atoms with Crippen LogP contribution < -0.4 is 38.3 Å². The molecule has 23 nitrogen and oxygen atoms in total. The molecule has 0 radical (unpaired) electrons. The fourth-order valence-electron chi connectivity index (χ4n) is 8.14. The van der Waals surface area contributed by atoms with Crippen molar-refractivity contribution in [2.75, 3.05) is 19.6 Å². The Labute approximate surface area is 533 Å². The summed E-state index contributed by atoms with van der Waals surface area (Å²) in [5, 5.41) is 65.5. The van der Waals surface area contributed by atoms with Gasteiger partial charge in [-0.15, -0.1) is 0 Å². The third-order valence-electron chi connectivity index (χ3n) is 11.9. The zero-order valence-electron chi connectivity index (χ0n) is 48.2. The van der Waals surface area contributed by atoms with Crippen molar-refractivity contribution in [3.63, 3.8) is 0 Å². The molecule has 0 aliphatic rings. The number of carboxylic acids is 1. The van der Waals surface area contributed by atoms with Gasteiger partial charge in [0.1, 0.15) is 59.3 Å². The summed E-state index contributed by atoms with van der Waals surface area (Å²) >= 11 is 21.2. The highest BCUT2D eigenvalue weighted by molar-refractivity contribution is 9.10. The standard InChI is InChI=1S/C22H20ClNO6.C18H12ClNO6.C16H16BrNO6.C6H6BClO2/c1-22(2,3)30-16(25)11-24-20(27)17-18(26)14-9-6-8-13(19(14)29-21(17)28)12-7-4-5-10-15(12)23;19-12-7-2-1-4-9(12)10-5-3-6-11-15(23)14(18(25)26-16(10)11)17(24)20-8-13(21)22;1-16(2,3)24-10(19)7-18-14(21)11-12(20)8-5-4-6-9(17)13(8)23-15(11)22;8-6-4-2-1-3-5(6)7(9)10/h4-10,26H,11H2,1-3H3,(H,24,27);1-7,23H,8H2,(H,20,24)(H,21,22);4-6,20H,7H2,1-3H3,(H,18,21);1-4,9-10H. The van der Waals surface area contributed by atoms with E-state index in [0.717, 1.165) is 0 Å². The van der Waals surface area contributed by atoms with Gasteiger partial charge in [0, 0.05) is 42.8 Å². The zero-order chi connectivity index (χ0) is 66.5. The van der Waals surface area contributed by atoms with E-state index >= 15 is 0 Å². The van der Waals surface area contributed by atoms with E-state index in [1.807, 2.05) is 5.32 Å². The largest absolute Gasteiger partial charge is 0.506 e. The van der Waals surface area contributed by atoms with Crippen molar-refractivity contribution in [3.05, 3.63) is 195 Å². The summed E-state index contributed by atoms with van der Waals surface area (Å²) in [7, 11) is -1.48. The van der Waals surface area contributed by atoms with Gasteiger partial charge in [0.25, 0.3) is 17.7 Å². The number of rotatable bonds is 12. The Bertz CT molecular complexity index is 4420. The summed E-state index contributed by atoms with van der Waals surface area (Å²) in [5.41, 5.74) is -3.58. The minimum atomic E-state index is -1.48. The highest BCUT2D eigenvalue weighted by atomic mass is 79.9. The molecule has 28 heteroatoms. The molecule has 9 N–H and O–H groups in total. The number of carboxylic acid groups (broad SMARTS) is 1. The smallest absolute Gasteiger partial charge is 0.489 e. The van der Waals surface area contributed by atoms with Crippen molar-refractivity contribution < 1.29 is 82.0 Å². The van der Waals surface area contributed by atoms with E-state index in [1.165, 1.54) is 18.2 Å². The van der Waals surface area contributed by atoms with Crippen LogP contribution in [0.15, 0.2) is 160 Å². The molecule has 0 saturated carbocycles. The van der Waals surface area contributed by atoms with Crippen LogP contribution in [-0.2, 0) is 23.9 Å². The maximum Gasteiger partial charge on any atom is 0.489 e. The number of ether oxygens (including phenoxy) is 2. The maximum absolute atomic E-state index is 12.5. The molecule has 0 atom stereocenters. The number of para-hydroxylation sites is 3. The first kappa shape index (κ1) is 69.6. The molecule has 0 unspecified atom stereocenters. The minimum Gasteiger partial charge on any atom is -0.506 e. The lowest BCUT2D eigenvalue weighted by atomic mass is 9.80. The van der Waals surface area contributed by atoms with E-state index in [0.29, 0.717) is 47.3 Å². The Hall–Kier alpha value is -9.50. The quantitative estimate of drug-likeness (QED) is 0.0313. The van der Waals surface area contributed by atoms with Crippen LogP contribution in [-0.4, -0.2) is 104 Å². The van der Waals surface area contributed by atoms with Gasteiger partial charge in [-0.1, -0.05) is 120 Å². The SMILES string of the molecule is CC(C)(C)OC(=O)CNC(=O)c1c(O)c2cccc(-c3ccccc3Cl)c2oc1=O.CC(C)(C)OC(=O)CNC(=O)c1c(O)c2cccc(Br)c2oc1=O.O=C(O)CNC(=O)c1c(O)c2cccc(-c3ccccc3Cl)c2oc1=O.OB(O)c1ccccc1Cl. The van der Waals surface area contributed by atoms with Crippen molar-refractivity contribution in [3.8, 4) is 39.5 Å². The third-order valence-corrected chi connectivity index (χ3v) is 13.5. The molecule has 90 heavy (non-hydrogen) atoms. The molecule has 0 fully saturated rings. The van der Waals surface area contributed by atoms with Gasteiger partial charge in [0.2, 0.25) is 0 Å². The summed E-state index contributed by atoms with van der Waals surface area (Å²) < 4.78 is 26.3. The van der Waals surface area contributed by atoms with E-state index in [-0.39, 0.29) is 32.9 Å². The number of halogens is 4. The van der Waals surface area contributed by atoms with Gasteiger partial charge >= 0.3 is 41.9 Å². The van der Waals surface area contributed by atoms with Crippen LogP contribution in [0.3, 0.4) is 0 Å². The number of carbonyl (C=O) groups is 6. The van der Waals surface area contributed by atoms with E-state index in [9.17, 15) is 58.5 Å². The average molecular weight is 1360 g/mol. The number of aromatic hydroxyl groups is 3. The van der Waals surface area contributed by atoms with E-state index in [4.69, 9.17) is 72.7 Å². The second-order valence-electron chi connectivity index (χ2n) is 20.8. The second-order valence-corrected chi connectivity index (χ2v) is 22.9. The van der Waals surface area contributed by atoms with Gasteiger partial charge in [-0.05, 0) is 99.9 Å². The number of aliphatic carboxylic acids is 1. The molecule has 3 aromatic heterocycles. The lowest BCUT2D eigenvalue weighted by Gasteiger charge is -2.19. The van der Waals surface area contributed by atoms with Gasteiger partial charge in [0.15, 0.2) is 22.3 Å². The molecule has 0 spiro atoms. The lowest BCUT2D eigenvalue weighted by molar-refractivity contribution is -0.154. The monoisotopic (exact) mass is 1360 g/mol. The van der Waals surface area contributed by atoms with Crippen molar-refractivity contribution in [1.29, 1.82) is 0 Å². The predicted molar refractivity (Wildman–Crippen MR) is 339 cm³/mol. The predicted octanol–water partition coefficient (Wildman–Crippen LogP) is 8.88. The van der Waals surface area contributed by atoms with Crippen molar-refractivity contribution in [2.45, 2.75) is 52.7 Å². The van der Waals surface area contributed by atoms with Crippen LogP contribution in [0, 0.1) is 0 Å². The summed E-state index contributed by atoms with van der Waals surface area (Å²) in [6, 6.07) is 34.8. The first-order chi connectivity index (χ1) is 42.3. The molecule has 0 bridgehead atoms. The summed E-state index contributed by atoms with van der Waals surface area (Å²) in [6.45, 7) is 8.53. The minimum absolute atomic E-state index is 0.0675. The normalized spacial score (nSPS) is 10.9. The number of benzene rings is 6. The Morgan fingerprint density at radius 3 is 1.13 bits per heavy atom. The molecular weight excluding hydrogens is 1300 g/mol. The number of carbonyl (C=O) groups excluding carboxylic acids is 5. The molecule has 6 aromatic carbocycles. The van der Waals surface area contributed by atoms with Gasteiger partial charge in [-0.25, -0.2) is 14.4 Å². The van der Waals surface area contributed by atoms with Gasteiger partial charge in [0.05, 0.1) is 20.6 Å². The van der Waals surface area contributed by atoms with Crippen LogP contribution in [0.4, 0.5) is 0 Å². The molecule has 0 aliphatic carbocycles. The second kappa shape index (κ2) is 30.1. The highest BCUT2D eigenvalue weighted by Gasteiger charge is 2.28. The Balaban J connectivity index is 0.000000200. The molecule has 9 aromatic rings. The van der Waals surface area contributed by atoms with Crippen molar-refractivity contribution in [2.24, 2.45) is 0 Å². The van der Waals surface area contributed by atoms with Gasteiger partial charge in [-0.3, -0.25) is 28.8 Å². The third kappa shape index (κ3) is 17.9. The number of nitrogens with one attached hydrogen (secondary N) is 3. The zero-order valence-corrected chi connectivity index (χ0v) is 52.1. The molecule has 3 heterocycles. The fourth-order valence-corrected chi connectivity index (χ4v) is 9.30. The molecule has 3 amide bonds. The lowest BCUT2D eigenvalue weighted by Crippen LogP contribution is -2.36. The van der Waals surface area contributed by atoms with Crippen LogP contribution in [0.1, 0.15) is 72.6 Å². The number of fused-ring (bicyclic) bond motifs is 3. The van der Waals surface area contributed by atoms with Gasteiger partial charge in [-0.2, -0.15) is 0 Å². The molecular formula is C62H54BBrCl3N3O20. The van der Waals surface area contributed by atoms with Crippen LogP contribution in [0.2, 0.25) is 15.1 Å². The summed E-state index contributed by atoms with van der Waals surface area (Å²) in [6.07, 6.45) is 0. The first-order valence-electron chi connectivity index (χ1n) is 26.4. The van der Waals surface area contributed by atoms with Gasteiger partial charge < -0.3 is 69.1 Å². The number of hydrogen-bond acceptors (Lipinski definition) is 19. The molecule has 468 valence electrons. The summed E-state index contributed by atoms with van der Waals surface area (Å²) in [5.74, 6) is -7.18. The Morgan fingerprint density at radius 2 is 0.789 bits per heavy atom. The highest BCUT2D eigenvalue weighted by Crippen LogP contribution is 2.38. The Kier molecular flexibility index (Phi) is 23.3. The number of esters is 2. The number of amides is 3.